The molecule has 0 spiro atoms. The van der Waals surface area contributed by atoms with Crippen LogP contribution in [0.25, 0.3) is 0 Å². The van der Waals surface area contributed by atoms with Gasteiger partial charge >= 0.3 is 0 Å². The van der Waals surface area contributed by atoms with Crippen molar-refractivity contribution < 1.29 is 14.3 Å². The van der Waals surface area contributed by atoms with Crippen LogP contribution in [0.2, 0.25) is 0 Å². The first kappa shape index (κ1) is 13.5. The summed E-state index contributed by atoms with van der Waals surface area (Å²) in [5, 5.41) is 2.69. The molecule has 1 fully saturated rings. The molecule has 0 aromatic heterocycles. The number of ether oxygens (including phenoxy) is 1. The second-order valence-corrected chi connectivity index (χ2v) is 4.64. The molecule has 1 unspecified atom stereocenters. The highest BCUT2D eigenvalue weighted by atomic mass is 32.1. The minimum atomic E-state index is -0.571. The van der Waals surface area contributed by atoms with Crippen LogP contribution in [0.5, 0.6) is 5.75 Å². The zero-order valence-electron chi connectivity index (χ0n) is 10.7. The van der Waals surface area contributed by atoms with Crippen LogP contribution < -0.4 is 10.1 Å². The number of hydrogen-bond donors (Lipinski definition) is 1. The van der Waals surface area contributed by atoms with E-state index < -0.39 is 6.04 Å². The predicted octanol–water partition coefficient (Wildman–Crippen LogP) is 0.869. The maximum Gasteiger partial charge on any atom is 0.249 e. The van der Waals surface area contributed by atoms with E-state index in [1.165, 1.54) is 11.8 Å². The number of carbonyl (C=O) groups is 2. The van der Waals surface area contributed by atoms with Crippen LogP contribution in [0.1, 0.15) is 12.5 Å². The van der Waals surface area contributed by atoms with Crippen molar-refractivity contribution in [1.82, 2.24) is 10.2 Å². The summed E-state index contributed by atoms with van der Waals surface area (Å²) in [5.74, 6) is 0.274. The van der Waals surface area contributed by atoms with Crippen LogP contribution in [0.3, 0.4) is 0 Å². The molecule has 0 radical (unpaired) electrons. The Morgan fingerprint density at radius 3 is 2.58 bits per heavy atom. The lowest BCUT2D eigenvalue weighted by Gasteiger charge is -2.19. The molecule has 1 heterocycles. The van der Waals surface area contributed by atoms with E-state index in [0.29, 0.717) is 6.42 Å². The van der Waals surface area contributed by atoms with Gasteiger partial charge in [0.2, 0.25) is 11.8 Å². The van der Waals surface area contributed by atoms with Gasteiger partial charge < -0.3 is 10.1 Å². The molecule has 2 amide bonds. The molecule has 100 valence electrons. The lowest BCUT2D eigenvalue weighted by molar-refractivity contribution is -0.131. The van der Waals surface area contributed by atoms with Gasteiger partial charge in [-0.15, -0.1) is 0 Å². The standard InChI is InChI=1S/C13H14N2O3S/c1-8(16)15-11(12(17)14-13(15)19)7-9-3-5-10(18-2)6-4-9/h3-6,11H,7H2,1-2H3,(H,14,17,19). The second kappa shape index (κ2) is 5.36. The van der Waals surface area contributed by atoms with Gasteiger partial charge in [-0.3, -0.25) is 14.5 Å². The first-order chi connectivity index (χ1) is 9.02. The first-order valence-corrected chi connectivity index (χ1v) is 6.21. The van der Waals surface area contributed by atoms with Crippen LogP contribution in [0.15, 0.2) is 24.3 Å². The topological polar surface area (TPSA) is 58.6 Å². The number of methoxy groups -OCH3 is 1. The van der Waals surface area contributed by atoms with Crippen LogP contribution >= 0.6 is 12.2 Å². The summed E-state index contributed by atoms with van der Waals surface area (Å²) >= 11 is 4.98. The molecule has 5 nitrogen and oxygen atoms in total. The molecule has 2 rings (SSSR count). The fourth-order valence-corrected chi connectivity index (χ4v) is 2.40. The molecule has 0 aliphatic carbocycles. The number of amides is 2. The maximum atomic E-state index is 11.8. The number of thiocarbonyl (C=S) groups is 1. The Bertz CT molecular complexity index is 527. The summed E-state index contributed by atoms with van der Waals surface area (Å²) in [6.45, 7) is 1.40. The summed E-state index contributed by atoms with van der Waals surface area (Å²) in [7, 11) is 1.59. The van der Waals surface area contributed by atoms with Gasteiger partial charge in [0.05, 0.1) is 7.11 Å². The number of nitrogens with zero attached hydrogens (tertiary/aromatic N) is 1. The second-order valence-electron chi connectivity index (χ2n) is 4.25. The zero-order valence-corrected chi connectivity index (χ0v) is 11.5. The molecule has 0 bridgehead atoms. The molecular weight excluding hydrogens is 264 g/mol. The summed E-state index contributed by atoms with van der Waals surface area (Å²) < 4.78 is 5.07. The van der Waals surface area contributed by atoms with Gasteiger partial charge in [-0.1, -0.05) is 12.1 Å². The molecule has 1 aliphatic heterocycles. The van der Waals surface area contributed by atoms with Gasteiger partial charge in [-0.25, -0.2) is 0 Å². The number of benzene rings is 1. The third-order valence-corrected chi connectivity index (χ3v) is 3.29. The van der Waals surface area contributed by atoms with Gasteiger partial charge in [0.1, 0.15) is 11.8 Å². The van der Waals surface area contributed by atoms with E-state index in [1.807, 2.05) is 24.3 Å². The van der Waals surface area contributed by atoms with Crippen molar-refractivity contribution in [1.29, 1.82) is 0 Å². The Morgan fingerprint density at radius 2 is 2.05 bits per heavy atom. The lowest BCUT2D eigenvalue weighted by Crippen LogP contribution is -2.40. The van der Waals surface area contributed by atoms with Crippen molar-refractivity contribution in [2.24, 2.45) is 0 Å². The Labute approximate surface area is 116 Å². The molecule has 1 N–H and O–H groups in total. The van der Waals surface area contributed by atoms with Gasteiger partial charge in [-0.05, 0) is 29.9 Å². The Balaban J connectivity index is 2.18. The van der Waals surface area contributed by atoms with Crippen LogP contribution in [0, 0.1) is 0 Å². The largest absolute Gasteiger partial charge is 0.497 e. The van der Waals surface area contributed by atoms with Gasteiger partial charge in [-0.2, -0.15) is 0 Å². The number of rotatable bonds is 3. The molecule has 1 aromatic rings. The zero-order chi connectivity index (χ0) is 14.0. The van der Waals surface area contributed by atoms with Crippen molar-refractivity contribution in [2.45, 2.75) is 19.4 Å². The smallest absolute Gasteiger partial charge is 0.249 e. The normalized spacial score (nSPS) is 18.4. The minimum Gasteiger partial charge on any atom is -0.497 e. The monoisotopic (exact) mass is 278 g/mol. The fraction of sp³-hybridized carbons (Fsp3) is 0.308. The number of carbonyl (C=O) groups excluding carboxylic acids is 2. The Morgan fingerprint density at radius 1 is 1.42 bits per heavy atom. The van der Waals surface area contributed by atoms with Gasteiger partial charge in [0, 0.05) is 13.3 Å². The Kier molecular flexibility index (Phi) is 3.80. The van der Waals surface area contributed by atoms with Crippen molar-refractivity contribution in [3.63, 3.8) is 0 Å². The van der Waals surface area contributed by atoms with Crippen LogP contribution in [0.4, 0.5) is 0 Å². The Hall–Kier alpha value is -1.95. The van der Waals surface area contributed by atoms with E-state index in [-0.39, 0.29) is 16.9 Å². The average Bonchev–Trinajstić information content (AvgIpc) is 2.65. The molecule has 1 atom stereocenters. The van der Waals surface area contributed by atoms with E-state index in [1.54, 1.807) is 7.11 Å². The van der Waals surface area contributed by atoms with Crippen molar-refractivity contribution in [2.75, 3.05) is 7.11 Å². The third-order valence-electron chi connectivity index (χ3n) is 2.99. The molecular formula is C13H14N2O3S. The number of nitrogens with one attached hydrogen (secondary N) is 1. The van der Waals surface area contributed by atoms with Crippen molar-refractivity contribution in [3.8, 4) is 5.75 Å². The molecule has 1 saturated heterocycles. The lowest BCUT2D eigenvalue weighted by atomic mass is 10.0. The summed E-state index contributed by atoms with van der Waals surface area (Å²) in [6, 6.07) is 6.80. The minimum absolute atomic E-state index is 0.177. The van der Waals surface area contributed by atoms with E-state index >= 15 is 0 Å². The van der Waals surface area contributed by atoms with Crippen LogP contribution in [-0.2, 0) is 16.0 Å². The average molecular weight is 278 g/mol. The van der Waals surface area contributed by atoms with E-state index in [9.17, 15) is 9.59 Å². The van der Waals surface area contributed by atoms with E-state index in [2.05, 4.69) is 5.32 Å². The summed E-state index contributed by atoms with van der Waals surface area (Å²) in [4.78, 5) is 24.7. The molecule has 19 heavy (non-hydrogen) atoms. The fourth-order valence-electron chi connectivity index (χ4n) is 2.04. The van der Waals surface area contributed by atoms with Crippen molar-refractivity contribution >= 4 is 29.1 Å². The van der Waals surface area contributed by atoms with Gasteiger partial charge in [0.25, 0.3) is 0 Å². The number of hydrogen-bond acceptors (Lipinski definition) is 4. The van der Waals surface area contributed by atoms with E-state index in [4.69, 9.17) is 17.0 Å². The first-order valence-electron chi connectivity index (χ1n) is 5.80. The highest BCUT2D eigenvalue weighted by Gasteiger charge is 2.38. The highest BCUT2D eigenvalue weighted by molar-refractivity contribution is 7.80. The third kappa shape index (κ3) is 2.73. The molecule has 1 aliphatic rings. The predicted molar refractivity (Wildman–Crippen MR) is 73.7 cm³/mol. The summed E-state index contributed by atoms with van der Waals surface area (Å²) in [5.41, 5.74) is 0.942. The SMILES string of the molecule is COc1ccc(CC2C(=O)NC(=S)N2C(C)=O)cc1. The van der Waals surface area contributed by atoms with Crippen LogP contribution in [-0.4, -0.2) is 35.0 Å². The van der Waals surface area contributed by atoms with Gasteiger partial charge in [0.15, 0.2) is 5.11 Å². The van der Waals surface area contributed by atoms with E-state index in [0.717, 1.165) is 11.3 Å². The highest BCUT2D eigenvalue weighted by Crippen LogP contribution is 2.17. The molecule has 0 saturated carbocycles. The molecule has 6 heteroatoms. The quantitative estimate of drug-likeness (QED) is 0.834. The summed E-state index contributed by atoms with van der Waals surface area (Å²) in [6.07, 6.45) is 0.426. The van der Waals surface area contributed by atoms with Crippen molar-refractivity contribution in [3.05, 3.63) is 29.8 Å². The molecule has 1 aromatic carbocycles. The maximum absolute atomic E-state index is 11.8.